The molecule has 2 rings (SSSR count). The molecule has 2 aromatic rings. The van der Waals surface area contributed by atoms with Gasteiger partial charge in [-0.2, -0.15) is 5.10 Å². The van der Waals surface area contributed by atoms with Crippen molar-refractivity contribution in [3.05, 3.63) is 35.3 Å². The first kappa shape index (κ1) is 8.25. The standard InChI is InChI=1S/C8H7BrN4/c9-8-7(10)5-13(12-8)6-2-1-3-11-4-6/h1-5H,10H2. The first-order valence-electron chi connectivity index (χ1n) is 3.68. The highest BCUT2D eigenvalue weighted by atomic mass is 79.9. The highest BCUT2D eigenvalue weighted by molar-refractivity contribution is 9.10. The van der Waals surface area contributed by atoms with E-state index in [-0.39, 0.29) is 0 Å². The average Bonchev–Trinajstić information content (AvgIpc) is 2.49. The molecule has 0 fully saturated rings. The van der Waals surface area contributed by atoms with E-state index in [1.54, 1.807) is 23.3 Å². The lowest BCUT2D eigenvalue weighted by Gasteiger charge is -1.97. The smallest absolute Gasteiger partial charge is 0.151 e. The van der Waals surface area contributed by atoms with E-state index < -0.39 is 0 Å². The lowest BCUT2D eigenvalue weighted by atomic mass is 10.4. The molecule has 0 aliphatic rings. The fourth-order valence-electron chi connectivity index (χ4n) is 0.988. The zero-order chi connectivity index (χ0) is 9.26. The van der Waals surface area contributed by atoms with Gasteiger partial charge in [0.1, 0.15) is 0 Å². The van der Waals surface area contributed by atoms with Gasteiger partial charge in [-0.3, -0.25) is 4.98 Å². The van der Waals surface area contributed by atoms with E-state index in [1.165, 1.54) is 0 Å². The van der Waals surface area contributed by atoms with Gasteiger partial charge in [0.25, 0.3) is 0 Å². The zero-order valence-electron chi connectivity index (χ0n) is 6.68. The largest absolute Gasteiger partial charge is 0.395 e. The van der Waals surface area contributed by atoms with Gasteiger partial charge in [-0.1, -0.05) is 0 Å². The Morgan fingerprint density at radius 2 is 2.31 bits per heavy atom. The van der Waals surface area contributed by atoms with Crippen LogP contribution in [0.25, 0.3) is 5.69 Å². The summed E-state index contributed by atoms with van der Waals surface area (Å²) in [4.78, 5) is 3.98. The number of rotatable bonds is 1. The van der Waals surface area contributed by atoms with Gasteiger partial charge in [0, 0.05) is 6.20 Å². The zero-order valence-corrected chi connectivity index (χ0v) is 8.27. The van der Waals surface area contributed by atoms with Crippen LogP contribution in [0.4, 0.5) is 5.69 Å². The Kier molecular flexibility index (Phi) is 2.02. The Hall–Kier alpha value is -1.36. The van der Waals surface area contributed by atoms with Crippen molar-refractivity contribution in [2.75, 3.05) is 5.73 Å². The van der Waals surface area contributed by atoms with Crippen LogP contribution in [-0.2, 0) is 0 Å². The molecular formula is C8H7BrN4. The van der Waals surface area contributed by atoms with Gasteiger partial charge in [-0.15, -0.1) is 0 Å². The second-order valence-electron chi connectivity index (χ2n) is 2.53. The molecule has 0 aromatic carbocycles. The van der Waals surface area contributed by atoms with E-state index in [0.29, 0.717) is 10.3 Å². The number of pyridine rings is 1. The van der Waals surface area contributed by atoms with Crippen LogP contribution in [0, 0.1) is 0 Å². The lowest BCUT2D eigenvalue weighted by Crippen LogP contribution is -1.94. The van der Waals surface area contributed by atoms with Gasteiger partial charge in [0.2, 0.25) is 0 Å². The molecule has 0 atom stereocenters. The van der Waals surface area contributed by atoms with Crippen molar-refractivity contribution in [3.63, 3.8) is 0 Å². The third-order valence-electron chi connectivity index (χ3n) is 1.61. The predicted octanol–water partition coefficient (Wildman–Crippen LogP) is 1.61. The van der Waals surface area contributed by atoms with Crippen molar-refractivity contribution in [3.8, 4) is 5.69 Å². The third-order valence-corrected chi connectivity index (χ3v) is 2.22. The van der Waals surface area contributed by atoms with Crippen LogP contribution in [0.1, 0.15) is 0 Å². The minimum Gasteiger partial charge on any atom is -0.395 e. The Morgan fingerprint density at radius 3 is 2.85 bits per heavy atom. The summed E-state index contributed by atoms with van der Waals surface area (Å²) in [6.45, 7) is 0. The summed E-state index contributed by atoms with van der Waals surface area (Å²) in [5, 5.41) is 4.15. The molecule has 2 aromatic heterocycles. The first-order valence-corrected chi connectivity index (χ1v) is 4.48. The molecule has 0 bridgehead atoms. The lowest BCUT2D eigenvalue weighted by molar-refractivity contribution is 0.864. The summed E-state index contributed by atoms with van der Waals surface area (Å²) >= 11 is 3.24. The number of nitrogen functional groups attached to an aromatic ring is 1. The molecule has 0 spiro atoms. The normalized spacial score (nSPS) is 10.2. The van der Waals surface area contributed by atoms with Gasteiger partial charge < -0.3 is 5.73 Å². The van der Waals surface area contributed by atoms with Crippen LogP contribution in [0.5, 0.6) is 0 Å². The van der Waals surface area contributed by atoms with E-state index in [4.69, 9.17) is 5.73 Å². The summed E-state index contributed by atoms with van der Waals surface area (Å²) in [5.41, 5.74) is 7.13. The van der Waals surface area contributed by atoms with Crippen molar-refractivity contribution < 1.29 is 0 Å². The van der Waals surface area contributed by atoms with Crippen LogP contribution in [0.15, 0.2) is 35.3 Å². The topological polar surface area (TPSA) is 56.7 Å². The van der Waals surface area contributed by atoms with Crippen molar-refractivity contribution in [1.29, 1.82) is 0 Å². The Labute approximate surface area is 83.5 Å². The molecule has 2 N–H and O–H groups in total. The Morgan fingerprint density at radius 1 is 1.46 bits per heavy atom. The molecule has 0 saturated heterocycles. The van der Waals surface area contributed by atoms with E-state index in [1.807, 2.05) is 12.1 Å². The van der Waals surface area contributed by atoms with Gasteiger partial charge in [-0.05, 0) is 28.1 Å². The summed E-state index contributed by atoms with van der Waals surface area (Å²) in [7, 11) is 0. The number of nitrogens with two attached hydrogens (primary N) is 1. The van der Waals surface area contributed by atoms with Crippen molar-refractivity contribution in [2.24, 2.45) is 0 Å². The minimum absolute atomic E-state index is 0.615. The van der Waals surface area contributed by atoms with E-state index >= 15 is 0 Å². The number of anilines is 1. The van der Waals surface area contributed by atoms with Crippen LogP contribution in [0.2, 0.25) is 0 Å². The molecule has 4 nitrogen and oxygen atoms in total. The first-order chi connectivity index (χ1) is 6.27. The molecular weight excluding hydrogens is 232 g/mol. The van der Waals surface area contributed by atoms with Crippen LogP contribution in [0.3, 0.4) is 0 Å². The SMILES string of the molecule is Nc1cn(-c2cccnc2)nc1Br. The molecule has 13 heavy (non-hydrogen) atoms. The fourth-order valence-corrected chi connectivity index (χ4v) is 1.26. The van der Waals surface area contributed by atoms with E-state index in [2.05, 4.69) is 26.0 Å². The number of hydrogen-bond acceptors (Lipinski definition) is 3. The summed E-state index contributed by atoms with van der Waals surface area (Å²) in [5.74, 6) is 0. The van der Waals surface area contributed by atoms with Gasteiger partial charge in [0.15, 0.2) is 4.60 Å². The quantitative estimate of drug-likeness (QED) is 0.822. The Bertz CT molecular complexity index is 390. The van der Waals surface area contributed by atoms with Crippen molar-refractivity contribution >= 4 is 21.6 Å². The fraction of sp³-hybridized carbons (Fsp3) is 0. The van der Waals surface area contributed by atoms with Crippen molar-refractivity contribution in [2.45, 2.75) is 0 Å². The Balaban J connectivity index is 2.48. The number of halogens is 1. The molecule has 0 radical (unpaired) electrons. The maximum atomic E-state index is 5.63. The molecule has 0 aliphatic heterocycles. The summed E-state index contributed by atoms with van der Waals surface area (Å²) < 4.78 is 2.32. The van der Waals surface area contributed by atoms with Crippen molar-refractivity contribution in [1.82, 2.24) is 14.8 Å². The molecule has 2 heterocycles. The van der Waals surface area contributed by atoms with E-state index in [9.17, 15) is 0 Å². The molecule has 0 amide bonds. The highest BCUT2D eigenvalue weighted by Gasteiger charge is 2.02. The van der Waals surface area contributed by atoms with Crippen LogP contribution >= 0.6 is 15.9 Å². The molecule has 66 valence electrons. The number of aromatic nitrogens is 3. The van der Waals surface area contributed by atoms with Gasteiger partial charge >= 0.3 is 0 Å². The minimum atomic E-state index is 0.615. The summed E-state index contributed by atoms with van der Waals surface area (Å²) in [6, 6.07) is 3.76. The number of hydrogen-bond donors (Lipinski definition) is 1. The van der Waals surface area contributed by atoms with Crippen LogP contribution in [-0.4, -0.2) is 14.8 Å². The summed E-state index contributed by atoms with van der Waals surface area (Å²) in [6.07, 6.45) is 5.17. The average molecular weight is 239 g/mol. The maximum Gasteiger partial charge on any atom is 0.151 e. The molecule has 0 saturated carbocycles. The monoisotopic (exact) mass is 238 g/mol. The highest BCUT2D eigenvalue weighted by Crippen LogP contribution is 2.18. The maximum absolute atomic E-state index is 5.63. The second-order valence-corrected chi connectivity index (χ2v) is 3.28. The second kappa shape index (κ2) is 3.18. The van der Waals surface area contributed by atoms with E-state index in [0.717, 1.165) is 5.69 Å². The molecule has 0 aliphatic carbocycles. The van der Waals surface area contributed by atoms with Gasteiger partial charge in [0.05, 0.1) is 23.8 Å². The third kappa shape index (κ3) is 1.55. The van der Waals surface area contributed by atoms with Gasteiger partial charge in [-0.25, -0.2) is 4.68 Å². The van der Waals surface area contributed by atoms with Crippen LogP contribution < -0.4 is 5.73 Å². The molecule has 5 heteroatoms. The molecule has 0 unspecified atom stereocenters. The predicted molar refractivity (Wildman–Crippen MR) is 53.5 cm³/mol. The number of nitrogens with zero attached hydrogens (tertiary/aromatic N) is 3.